The second kappa shape index (κ2) is 7.02. The fourth-order valence-electron chi connectivity index (χ4n) is 3.65. The van der Waals surface area contributed by atoms with E-state index in [0.29, 0.717) is 12.3 Å². The molecule has 1 fully saturated rings. The van der Waals surface area contributed by atoms with Crippen molar-refractivity contribution in [3.8, 4) is 0 Å². The van der Waals surface area contributed by atoms with Crippen molar-refractivity contribution in [2.24, 2.45) is 0 Å². The van der Waals surface area contributed by atoms with E-state index in [0.717, 1.165) is 29.2 Å². The molecule has 1 amide bonds. The summed E-state index contributed by atoms with van der Waals surface area (Å²) in [4.78, 5) is 19.1. The Kier molecular flexibility index (Phi) is 4.59. The van der Waals surface area contributed by atoms with Crippen molar-refractivity contribution in [3.63, 3.8) is 0 Å². The third-order valence-corrected chi connectivity index (χ3v) is 5.95. The van der Waals surface area contributed by atoms with Gasteiger partial charge in [0.1, 0.15) is 0 Å². The molecule has 2 aromatic heterocycles. The van der Waals surface area contributed by atoms with Gasteiger partial charge in [-0.15, -0.1) is 11.3 Å². The second-order valence-electron chi connectivity index (χ2n) is 6.89. The first-order chi connectivity index (χ1) is 12.2. The number of aromatic nitrogens is 1. The summed E-state index contributed by atoms with van der Waals surface area (Å²) in [6.07, 6.45) is 4.97. The first kappa shape index (κ1) is 16.4. The van der Waals surface area contributed by atoms with Gasteiger partial charge in [0.15, 0.2) is 0 Å². The molecule has 4 nitrogen and oxygen atoms in total. The van der Waals surface area contributed by atoms with Crippen molar-refractivity contribution in [2.45, 2.75) is 25.2 Å². The molecule has 4 rings (SSSR count). The zero-order chi connectivity index (χ0) is 17.2. The van der Waals surface area contributed by atoms with Gasteiger partial charge >= 0.3 is 0 Å². The topological polar surface area (TPSA) is 48.1 Å². The quantitative estimate of drug-likeness (QED) is 0.738. The highest BCUT2D eigenvalue weighted by atomic mass is 32.1. The number of amides is 1. The van der Waals surface area contributed by atoms with E-state index in [-0.39, 0.29) is 5.91 Å². The van der Waals surface area contributed by atoms with Crippen LogP contribution >= 0.6 is 11.3 Å². The number of aromatic amines is 1. The number of hydrogen-bond donors (Lipinski definition) is 2. The van der Waals surface area contributed by atoms with Crippen molar-refractivity contribution in [2.75, 3.05) is 25.5 Å². The lowest BCUT2D eigenvalue weighted by Crippen LogP contribution is -2.29. The molecule has 25 heavy (non-hydrogen) atoms. The standard InChI is InChI=1S/C20H23N3OS/c1-23-8-6-14(7-9-23)18-13-21-19-5-4-15(11-17(18)19)22-20(24)12-16-3-2-10-25-16/h2-5,10-11,13-14,21H,6-9,12H2,1H3,(H,22,24). The largest absolute Gasteiger partial charge is 0.361 e. The van der Waals surface area contributed by atoms with Crippen LogP contribution in [0.5, 0.6) is 0 Å². The van der Waals surface area contributed by atoms with E-state index < -0.39 is 0 Å². The Balaban J connectivity index is 1.53. The maximum Gasteiger partial charge on any atom is 0.229 e. The molecule has 0 saturated carbocycles. The number of fused-ring (bicyclic) bond motifs is 1. The highest BCUT2D eigenvalue weighted by Crippen LogP contribution is 2.34. The molecule has 1 aromatic carbocycles. The first-order valence-electron chi connectivity index (χ1n) is 8.81. The fourth-order valence-corrected chi connectivity index (χ4v) is 4.36. The molecule has 0 radical (unpaired) electrons. The van der Waals surface area contributed by atoms with Gasteiger partial charge in [-0.05, 0) is 74.1 Å². The molecule has 1 aliphatic rings. The summed E-state index contributed by atoms with van der Waals surface area (Å²) in [5.41, 5.74) is 3.41. The number of likely N-dealkylation sites (tertiary alicyclic amines) is 1. The van der Waals surface area contributed by atoms with Crippen LogP contribution in [-0.4, -0.2) is 35.9 Å². The van der Waals surface area contributed by atoms with Gasteiger partial charge in [0, 0.05) is 27.7 Å². The molecule has 5 heteroatoms. The number of thiophene rings is 1. The summed E-state index contributed by atoms with van der Waals surface area (Å²) >= 11 is 1.62. The number of H-pyrrole nitrogens is 1. The van der Waals surface area contributed by atoms with Gasteiger partial charge in [-0.25, -0.2) is 0 Å². The number of rotatable bonds is 4. The Hall–Kier alpha value is -2.11. The number of nitrogens with zero attached hydrogens (tertiary/aromatic N) is 1. The molecule has 0 spiro atoms. The lowest BCUT2D eigenvalue weighted by molar-refractivity contribution is -0.115. The number of piperidine rings is 1. The monoisotopic (exact) mass is 353 g/mol. The predicted molar refractivity (Wildman–Crippen MR) is 104 cm³/mol. The fraction of sp³-hybridized carbons (Fsp3) is 0.350. The van der Waals surface area contributed by atoms with Gasteiger partial charge in [-0.1, -0.05) is 6.07 Å². The molecule has 3 heterocycles. The molecular weight excluding hydrogens is 330 g/mol. The third-order valence-electron chi connectivity index (χ3n) is 5.07. The minimum atomic E-state index is 0.0400. The van der Waals surface area contributed by atoms with Gasteiger partial charge in [0.05, 0.1) is 6.42 Å². The van der Waals surface area contributed by atoms with E-state index in [1.807, 2.05) is 23.6 Å². The lowest BCUT2D eigenvalue weighted by Gasteiger charge is -2.28. The van der Waals surface area contributed by atoms with Crippen LogP contribution < -0.4 is 5.32 Å². The van der Waals surface area contributed by atoms with E-state index in [4.69, 9.17) is 0 Å². The maximum atomic E-state index is 12.3. The number of carbonyl (C=O) groups is 1. The smallest absolute Gasteiger partial charge is 0.229 e. The zero-order valence-corrected chi connectivity index (χ0v) is 15.2. The van der Waals surface area contributed by atoms with Crippen LogP contribution in [0, 0.1) is 0 Å². The number of anilines is 1. The highest BCUT2D eigenvalue weighted by Gasteiger charge is 2.21. The second-order valence-corrected chi connectivity index (χ2v) is 7.92. The predicted octanol–water partition coefficient (Wildman–Crippen LogP) is 4.22. The third kappa shape index (κ3) is 3.62. The molecule has 130 valence electrons. The minimum absolute atomic E-state index is 0.0400. The van der Waals surface area contributed by atoms with Gasteiger partial charge in [0.25, 0.3) is 0 Å². The summed E-state index contributed by atoms with van der Waals surface area (Å²) in [6.45, 7) is 2.29. The lowest BCUT2D eigenvalue weighted by atomic mass is 9.89. The van der Waals surface area contributed by atoms with Crippen LogP contribution in [0.25, 0.3) is 10.9 Å². The molecule has 0 aliphatic carbocycles. The van der Waals surface area contributed by atoms with E-state index in [9.17, 15) is 4.79 Å². The minimum Gasteiger partial charge on any atom is -0.361 e. The molecule has 0 unspecified atom stereocenters. The Labute approximate surface area is 151 Å². The maximum absolute atomic E-state index is 12.3. The zero-order valence-electron chi connectivity index (χ0n) is 14.4. The van der Waals surface area contributed by atoms with Crippen molar-refractivity contribution in [1.82, 2.24) is 9.88 Å². The van der Waals surface area contributed by atoms with Gasteiger partial charge in [0.2, 0.25) is 5.91 Å². The van der Waals surface area contributed by atoms with Crippen molar-refractivity contribution in [3.05, 3.63) is 52.3 Å². The number of nitrogens with one attached hydrogen (secondary N) is 2. The van der Waals surface area contributed by atoms with Crippen LogP contribution in [0.2, 0.25) is 0 Å². The number of carbonyl (C=O) groups excluding carboxylic acids is 1. The van der Waals surface area contributed by atoms with Crippen molar-refractivity contribution < 1.29 is 4.79 Å². The van der Waals surface area contributed by atoms with Gasteiger partial charge in [-0.3, -0.25) is 4.79 Å². The van der Waals surface area contributed by atoms with Crippen LogP contribution in [0.4, 0.5) is 5.69 Å². The summed E-state index contributed by atoms with van der Waals surface area (Å²) in [7, 11) is 2.19. The first-order valence-corrected chi connectivity index (χ1v) is 9.69. The number of hydrogen-bond acceptors (Lipinski definition) is 3. The number of benzene rings is 1. The van der Waals surface area contributed by atoms with E-state index >= 15 is 0 Å². The van der Waals surface area contributed by atoms with E-state index in [1.54, 1.807) is 11.3 Å². The van der Waals surface area contributed by atoms with E-state index in [1.165, 1.54) is 23.8 Å². The van der Waals surface area contributed by atoms with Crippen LogP contribution in [-0.2, 0) is 11.2 Å². The molecule has 1 saturated heterocycles. The van der Waals surface area contributed by atoms with E-state index in [2.05, 4.69) is 40.6 Å². The molecule has 0 bridgehead atoms. The van der Waals surface area contributed by atoms with Gasteiger partial charge in [-0.2, -0.15) is 0 Å². The Bertz CT molecular complexity index is 860. The Morgan fingerprint density at radius 2 is 2.16 bits per heavy atom. The van der Waals surface area contributed by atoms with Crippen LogP contribution in [0.1, 0.15) is 29.2 Å². The summed E-state index contributed by atoms with van der Waals surface area (Å²) < 4.78 is 0. The molecular formula is C20H23N3OS. The van der Waals surface area contributed by atoms with Crippen LogP contribution in [0.3, 0.4) is 0 Å². The highest BCUT2D eigenvalue weighted by molar-refractivity contribution is 7.10. The Morgan fingerprint density at radius 1 is 1.32 bits per heavy atom. The van der Waals surface area contributed by atoms with Crippen molar-refractivity contribution in [1.29, 1.82) is 0 Å². The average Bonchev–Trinajstić information content (AvgIpc) is 3.25. The van der Waals surface area contributed by atoms with Crippen LogP contribution in [0.15, 0.2) is 41.9 Å². The Morgan fingerprint density at radius 3 is 2.92 bits per heavy atom. The van der Waals surface area contributed by atoms with Gasteiger partial charge < -0.3 is 15.2 Å². The molecule has 0 atom stereocenters. The molecule has 2 N–H and O–H groups in total. The SMILES string of the molecule is CN1CCC(c2c[nH]c3ccc(NC(=O)Cc4cccs4)cc23)CC1. The average molecular weight is 353 g/mol. The normalized spacial score (nSPS) is 16.4. The molecule has 3 aromatic rings. The molecule has 1 aliphatic heterocycles. The summed E-state index contributed by atoms with van der Waals surface area (Å²) in [6, 6.07) is 10.1. The summed E-state index contributed by atoms with van der Waals surface area (Å²) in [5, 5.41) is 6.29. The summed E-state index contributed by atoms with van der Waals surface area (Å²) in [5.74, 6) is 0.639. The van der Waals surface area contributed by atoms with Crippen molar-refractivity contribution >= 4 is 33.8 Å².